The van der Waals surface area contributed by atoms with Crippen LogP contribution in [-0.2, 0) is 12.7 Å². The van der Waals surface area contributed by atoms with E-state index in [1.165, 1.54) is 18.2 Å². The number of rotatable bonds is 1. The maximum atomic E-state index is 12.4. The van der Waals surface area contributed by atoms with Crippen LogP contribution in [0.4, 0.5) is 13.2 Å². The summed E-state index contributed by atoms with van der Waals surface area (Å²) in [6.45, 7) is 1.71. The van der Waals surface area contributed by atoms with Crippen LogP contribution < -0.4 is 5.73 Å². The van der Waals surface area contributed by atoms with Crippen LogP contribution >= 0.6 is 23.2 Å². The summed E-state index contributed by atoms with van der Waals surface area (Å²) >= 11 is 11.2. The van der Waals surface area contributed by atoms with Crippen molar-refractivity contribution in [2.75, 3.05) is 0 Å². The van der Waals surface area contributed by atoms with Gasteiger partial charge < -0.3 is 5.73 Å². The van der Waals surface area contributed by atoms with Crippen LogP contribution in [0.5, 0.6) is 0 Å². The highest BCUT2D eigenvalue weighted by atomic mass is 35.5. The van der Waals surface area contributed by atoms with E-state index >= 15 is 0 Å². The van der Waals surface area contributed by atoms with Gasteiger partial charge in [-0.05, 0) is 30.2 Å². The van der Waals surface area contributed by atoms with Gasteiger partial charge in [0.2, 0.25) is 0 Å². The Morgan fingerprint density at radius 1 is 1.13 bits per heavy atom. The van der Waals surface area contributed by atoms with E-state index in [-0.39, 0.29) is 17.1 Å². The lowest BCUT2D eigenvalue weighted by Crippen LogP contribution is -2.12. The maximum absolute atomic E-state index is 12.4. The van der Waals surface area contributed by atoms with Crippen LogP contribution in [0.2, 0.25) is 10.0 Å². The number of hydrogen-bond acceptors (Lipinski definition) is 2. The summed E-state index contributed by atoms with van der Waals surface area (Å²) in [6.07, 6.45) is -4.44. The summed E-state index contributed by atoms with van der Waals surface area (Å²) in [7, 11) is 0. The fraction of sp³-hybridized carbons (Fsp3) is 0.188. The molecule has 0 heterocycles. The van der Waals surface area contributed by atoms with Crippen molar-refractivity contribution < 1.29 is 13.2 Å². The minimum Gasteiger partial charge on any atom is -0.326 e. The number of hydrogen-bond donors (Lipinski definition) is 1. The third kappa shape index (κ3) is 5.14. The Kier molecular flexibility index (Phi) is 6.89. The van der Waals surface area contributed by atoms with Gasteiger partial charge in [-0.1, -0.05) is 47.5 Å². The van der Waals surface area contributed by atoms with Gasteiger partial charge in [-0.15, -0.1) is 0 Å². The van der Waals surface area contributed by atoms with Gasteiger partial charge in [-0.3, -0.25) is 0 Å². The first-order valence-electron chi connectivity index (χ1n) is 6.42. The third-order valence-electron chi connectivity index (χ3n) is 2.92. The lowest BCUT2D eigenvalue weighted by molar-refractivity contribution is -0.138. The molecule has 23 heavy (non-hydrogen) atoms. The number of benzene rings is 2. The fourth-order valence-corrected chi connectivity index (χ4v) is 2.26. The molecule has 2 rings (SSSR count). The Morgan fingerprint density at radius 2 is 1.74 bits per heavy atom. The Labute approximate surface area is 142 Å². The summed E-state index contributed by atoms with van der Waals surface area (Å²) in [5.74, 6) is 0. The van der Waals surface area contributed by atoms with E-state index in [9.17, 15) is 13.2 Å². The molecule has 0 aromatic heterocycles. The van der Waals surface area contributed by atoms with Crippen molar-refractivity contribution in [1.82, 2.24) is 0 Å². The monoisotopic (exact) mass is 360 g/mol. The molecule has 2 aromatic carbocycles. The van der Waals surface area contributed by atoms with Crippen molar-refractivity contribution in [1.29, 1.82) is 5.26 Å². The molecule has 0 atom stereocenters. The molecule has 0 spiro atoms. The largest absolute Gasteiger partial charge is 0.418 e. The second-order valence-electron chi connectivity index (χ2n) is 4.52. The van der Waals surface area contributed by atoms with Gasteiger partial charge in [-0.2, -0.15) is 18.4 Å². The zero-order valence-corrected chi connectivity index (χ0v) is 13.6. The summed E-state index contributed by atoms with van der Waals surface area (Å²) in [4.78, 5) is 0. The Bertz CT molecular complexity index is 722. The van der Waals surface area contributed by atoms with Crippen molar-refractivity contribution in [3.8, 4) is 6.07 Å². The maximum Gasteiger partial charge on any atom is 0.418 e. The first-order valence-corrected chi connectivity index (χ1v) is 7.17. The molecule has 0 saturated carbocycles. The molecular formula is C16H13Cl2F3N2. The van der Waals surface area contributed by atoms with Crippen molar-refractivity contribution in [2.45, 2.75) is 19.6 Å². The van der Waals surface area contributed by atoms with Crippen LogP contribution in [0, 0.1) is 18.3 Å². The SMILES string of the molecule is Cc1cccc(C#N)c1Cl.NCc1cccc(Cl)c1C(F)(F)F. The molecule has 2 nitrogen and oxygen atoms in total. The van der Waals surface area contributed by atoms with Crippen LogP contribution in [0.1, 0.15) is 22.3 Å². The molecule has 122 valence electrons. The van der Waals surface area contributed by atoms with Crippen molar-refractivity contribution in [2.24, 2.45) is 5.73 Å². The number of alkyl halides is 3. The lowest BCUT2D eigenvalue weighted by atomic mass is 10.1. The number of aryl methyl sites for hydroxylation is 1. The molecule has 0 fully saturated rings. The number of nitrogens with zero attached hydrogens (tertiary/aromatic N) is 1. The smallest absolute Gasteiger partial charge is 0.326 e. The van der Waals surface area contributed by atoms with Gasteiger partial charge in [0.05, 0.1) is 21.2 Å². The normalized spacial score (nSPS) is 10.5. The van der Waals surface area contributed by atoms with E-state index in [0.29, 0.717) is 10.6 Å². The molecule has 0 bridgehead atoms. The quantitative estimate of drug-likeness (QED) is 0.746. The lowest BCUT2D eigenvalue weighted by Gasteiger charge is -2.12. The molecule has 7 heteroatoms. The van der Waals surface area contributed by atoms with E-state index in [1.807, 2.05) is 25.1 Å². The highest BCUT2D eigenvalue weighted by Gasteiger charge is 2.35. The standard InChI is InChI=1S/C8H7ClF3N.C8H6ClN/c9-6-3-1-2-5(4-13)7(6)8(10,11)12;1-6-3-2-4-7(5-10)8(6)9/h1-3H,4,13H2;2-4H,1H3. The molecule has 0 unspecified atom stereocenters. The van der Waals surface area contributed by atoms with E-state index in [4.69, 9.17) is 34.2 Å². The number of halogens is 5. The third-order valence-corrected chi connectivity index (χ3v) is 3.73. The van der Waals surface area contributed by atoms with Crippen molar-refractivity contribution in [3.63, 3.8) is 0 Å². The summed E-state index contributed by atoms with van der Waals surface area (Å²) in [6, 6.07) is 11.4. The van der Waals surface area contributed by atoms with E-state index in [1.54, 1.807) is 6.07 Å². The van der Waals surface area contributed by atoms with E-state index in [2.05, 4.69) is 0 Å². The van der Waals surface area contributed by atoms with Crippen molar-refractivity contribution >= 4 is 23.2 Å². The van der Waals surface area contributed by atoms with Crippen LogP contribution in [0.3, 0.4) is 0 Å². The second kappa shape index (κ2) is 8.21. The average Bonchev–Trinajstić information content (AvgIpc) is 2.49. The molecule has 0 saturated heterocycles. The molecule has 2 N–H and O–H groups in total. The zero-order chi connectivity index (χ0) is 17.6. The van der Waals surface area contributed by atoms with Crippen LogP contribution in [-0.4, -0.2) is 0 Å². The first-order chi connectivity index (χ1) is 10.7. The predicted octanol–water partition coefficient (Wildman–Crippen LogP) is 5.34. The average molecular weight is 361 g/mol. The molecule has 0 aliphatic rings. The molecule has 0 radical (unpaired) electrons. The fourth-order valence-electron chi connectivity index (χ4n) is 1.79. The van der Waals surface area contributed by atoms with Gasteiger partial charge in [0.1, 0.15) is 6.07 Å². The van der Waals surface area contributed by atoms with Gasteiger partial charge in [0.15, 0.2) is 0 Å². The molecule has 0 aliphatic heterocycles. The van der Waals surface area contributed by atoms with Gasteiger partial charge in [-0.25, -0.2) is 0 Å². The second-order valence-corrected chi connectivity index (χ2v) is 5.31. The Balaban J connectivity index is 0.000000238. The number of nitrogens with two attached hydrogens (primary N) is 1. The van der Waals surface area contributed by atoms with Crippen LogP contribution in [0.15, 0.2) is 36.4 Å². The van der Waals surface area contributed by atoms with Gasteiger partial charge in [0, 0.05) is 6.54 Å². The molecule has 0 amide bonds. The topological polar surface area (TPSA) is 49.8 Å². The minimum atomic E-state index is -4.44. The molecule has 0 aliphatic carbocycles. The Morgan fingerprint density at radius 3 is 2.17 bits per heavy atom. The van der Waals surface area contributed by atoms with Gasteiger partial charge in [0.25, 0.3) is 0 Å². The highest BCUT2D eigenvalue weighted by molar-refractivity contribution is 6.32. The summed E-state index contributed by atoms with van der Waals surface area (Å²) in [5, 5.41) is 8.76. The first kappa shape index (κ1) is 19.3. The van der Waals surface area contributed by atoms with E-state index < -0.39 is 11.7 Å². The zero-order valence-electron chi connectivity index (χ0n) is 12.1. The highest BCUT2D eigenvalue weighted by Crippen LogP contribution is 2.36. The summed E-state index contributed by atoms with van der Waals surface area (Å²) < 4.78 is 37.1. The summed E-state index contributed by atoms with van der Waals surface area (Å²) in [5.41, 5.74) is 5.83. The Hall–Kier alpha value is -1.74. The van der Waals surface area contributed by atoms with Gasteiger partial charge >= 0.3 is 6.18 Å². The van der Waals surface area contributed by atoms with Crippen molar-refractivity contribution in [3.05, 3.63) is 68.7 Å². The molecule has 2 aromatic rings. The predicted molar refractivity (Wildman–Crippen MR) is 85.2 cm³/mol. The minimum absolute atomic E-state index is 0.0139. The number of nitriles is 1. The van der Waals surface area contributed by atoms with E-state index in [0.717, 1.165) is 5.56 Å². The van der Waals surface area contributed by atoms with Crippen LogP contribution in [0.25, 0.3) is 0 Å². The molecular weight excluding hydrogens is 348 g/mol.